The minimum Gasteiger partial charge on any atom is -0.545 e. The van der Waals surface area contributed by atoms with E-state index in [1.54, 1.807) is 0 Å². The minimum absolute atomic E-state index is 0. The molecule has 0 saturated heterocycles. The van der Waals surface area contributed by atoms with Crippen molar-refractivity contribution in [1.29, 1.82) is 0 Å². The largest absolute Gasteiger partial charge is 1.00 e. The maximum atomic E-state index is 12.5. The van der Waals surface area contributed by atoms with Crippen LogP contribution in [0.25, 0.3) is 0 Å². The Kier molecular flexibility index (Phi) is 5.38. The first-order valence-corrected chi connectivity index (χ1v) is 3.17. The molecule has 68 valence electrons. The zero-order chi connectivity index (χ0) is 10.0. The predicted molar refractivity (Wildman–Crippen MR) is 37.4 cm³/mol. The molecular weight excluding hydrogens is 220 g/mol. The molecule has 0 aliphatic rings. The summed E-state index contributed by atoms with van der Waals surface area (Å²) < 4.78 is 12.5. The first-order valence-electron chi connectivity index (χ1n) is 3.17. The van der Waals surface area contributed by atoms with E-state index < -0.39 is 28.0 Å². The van der Waals surface area contributed by atoms with Gasteiger partial charge in [0.1, 0.15) is 5.82 Å². The summed E-state index contributed by atoms with van der Waals surface area (Å²) in [5, 5.41) is 20.5. The Labute approximate surface area is 120 Å². The van der Waals surface area contributed by atoms with Crippen LogP contribution in [0.3, 0.4) is 0 Å². The smallest absolute Gasteiger partial charge is 0.545 e. The fraction of sp³-hybridized carbons (Fsp3) is 0. The molecule has 0 N–H and O–H groups in total. The third-order valence-corrected chi connectivity index (χ3v) is 1.38. The molecule has 0 aromatic heterocycles. The number of carbonyl (C=O) groups excluding carboxylic acids is 1. The molecule has 0 unspecified atom stereocenters. The van der Waals surface area contributed by atoms with Gasteiger partial charge in [-0.05, 0) is 12.1 Å². The van der Waals surface area contributed by atoms with Gasteiger partial charge >= 0.3 is 51.4 Å². The maximum absolute atomic E-state index is 12.5. The third kappa shape index (κ3) is 3.10. The Morgan fingerprint density at radius 3 is 2.43 bits per heavy atom. The number of carboxylic acids is 1. The second-order valence-electron chi connectivity index (χ2n) is 2.21. The Hall–Kier alpha value is -0.344. The Morgan fingerprint density at radius 1 is 1.43 bits per heavy atom. The van der Waals surface area contributed by atoms with Crippen molar-refractivity contribution in [2.24, 2.45) is 0 Å². The van der Waals surface area contributed by atoms with Crippen LogP contribution in [0.15, 0.2) is 18.2 Å². The van der Waals surface area contributed by atoms with E-state index in [0.29, 0.717) is 6.07 Å². The minimum atomic E-state index is -1.77. The Morgan fingerprint density at radius 2 is 2.00 bits per heavy atom. The van der Waals surface area contributed by atoms with E-state index in [0.717, 1.165) is 12.1 Å². The van der Waals surface area contributed by atoms with Gasteiger partial charge in [-0.15, -0.1) is 0 Å². The first kappa shape index (κ1) is 13.7. The van der Waals surface area contributed by atoms with Crippen molar-refractivity contribution in [3.8, 4) is 0 Å². The van der Waals surface area contributed by atoms with Gasteiger partial charge in [0.2, 0.25) is 0 Å². The second kappa shape index (κ2) is 5.52. The summed E-state index contributed by atoms with van der Waals surface area (Å²) in [6.45, 7) is 0. The van der Waals surface area contributed by atoms with Crippen LogP contribution in [0.2, 0.25) is 0 Å². The molecule has 1 aromatic rings. The van der Waals surface area contributed by atoms with Gasteiger partial charge < -0.3 is 9.90 Å². The molecule has 1 rings (SSSR count). The van der Waals surface area contributed by atoms with Gasteiger partial charge in [-0.2, -0.15) is 0 Å². The predicted octanol–water partition coefficient (Wildman–Crippen LogP) is -2.90. The number of nitro groups is 1. The van der Waals surface area contributed by atoms with Crippen molar-refractivity contribution in [2.75, 3.05) is 0 Å². The summed E-state index contributed by atoms with van der Waals surface area (Å²) in [6, 6.07) is 2.14. The van der Waals surface area contributed by atoms with Crippen LogP contribution in [-0.4, -0.2) is 10.9 Å². The van der Waals surface area contributed by atoms with Gasteiger partial charge in [0.15, 0.2) is 0 Å². The summed E-state index contributed by atoms with van der Waals surface area (Å²) >= 11 is 0. The molecule has 0 atom stereocenters. The van der Waals surface area contributed by atoms with Crippen LogP contribution >= 0.6 is 0 Å². The first-order chi connectivity index (χ1) is 6.02. The van der Waals surface area contributed by atoms with E-state index in [1.165, 1.54) is 0 Å². The molecule has 0 aliphatic carbocycles. The average molecular weight is 223 g/mol. The van der Waals surface area contributed by atoms with Gasteiger partial charge in [0.05, 0.1) is 16.5 Å². The molecule has 0 saturated carbocycles. The zero-order valence-electron chi connectivity index (χ0n) is 7.19. The molecule has 0 amide bonds. The standard InChI is InChI=1S/C7H4FNO4.K/c8-4-1-2-6(9(12)13)5(3-4)7(10)11;/h1-3H,(H,10,11);/q;+1/p-1. The van der Waals surface area contributed by atoms with Crippen LogP contribution in [0.4, 0.5) is 10.1 Å². The quantitative estimate of drug-likeness (QED) is 0.306. The Bertz CT molecular complexity index is 382. The second-order valence-corrected chi connectivity index (χ2v) is 2.21. The van der Waals surface area contributed by atoms with Gasteiger partial charge in [0.25, 0.3) is 5.69 Å². The summed E-state index contributed by atoms with van der Waals surface area (Å²) in [5.74, 6) is -2.63. The van der Waals surface area contributed by atoms with Crippen LogP contribution in [0.5, 0.6) is 0 Å². The zero-order valence-corrected chi connectivity index (χ0v) is 10.3. The van der Waals surface area contributed by atoms with Gasteiger partial charge in [-0.25, -0.2) is 4.39 Å². The van der Waals surface area contributed by atoms with E-state index in [4.69, 9.17) is 0 Å². The molecule has 5 nitrogen and oxygen atoms in total. The molecule has 0 bridgehead atoms. The van der Waals surface area contributed by atoms with Crippen molar-refractivity contribution < 1.29 is 70.6 Å². The number of aromatic carboxylic acids is 1. The number of nitro benzene ring substituents is 1. The Balaban J connectivity index is 0.00000169. The van der Waals surface area contributed by atoms with Gasteiger partial charge in [0, 0.05) is 6.07 Å². The van der Waals surface area contributed by atoms with Crippen molar-refractivity contribution in [1.82, 2.24) is 0 Å². The van der Waals surface area contributed by atoms with Crippen LogP contribution in [0.1, 0.15) is 10.4 Å². The van der Waals surface area contributed by atoms with Gasteiger partial charge in [-0.1, -0.05) is 0 Å². The molecule has 7 heteroatoms. The van der Waals surface area contributed by atoms with Gasteiger partial charge in [-0.3, -0.25) is 10.1 Å². The third-order valence-electron chi connectivity index (χ3n) is 1.38. The maximum Gasteiger partial charge on any atom is 1.00 e. The summed E-state index contributed by atoms with van der Waals surface area (Å²) in [5.41, 5.74) is -1.44. The summed E-state index contributed by atoms with van der Waals surface area (Å²) in [4.78, 5) is 19.6. The topological polar surface area (TPSA) is 83.3 Å². The van der Waals surface area contributed by atoms with E-state index in [-0.39, 0.29) is 51.4 Å². The molecule has 0 fully saturated rings. The fourth-order valence-electron chi connectivity index (χ4n) is 0.831. The monoisotopic (exact) mass is 223 g/mol. The number of rotatable bonds is 2. The number of carbonyl (C=O) groups is 1. The van der Waals surface area contributed by atoms with E-state index in [1.807, 2.05) is 0 Å². The SMILES string of the molecule is O=C([O-])c1cc(F)ccc1[N+](=O)[O-].[K+]. The van der Waals surface area contributed by atoms with Crippen LogP contribution < -0.4 is 56.5 Å². The molecule has 1 aromatic carbocycles. The van der Waals surface area contributed by atoms with E-state index in [2.05, 4.69) is 0 Å². The molecular formula is C7H3FKNO4. The number of halogens is 1. The van der Waals surface area contributed by atoms with Crippen molar-refractivity contribution in [2.45, 2.75) is 0 Å². The van der Waals surface area contributed by atoms with E-state index in [9.17, 15) is 24.4 Å². The number of carboxylic acid groups (broad SMARTS) is 1. The van der Waals surface area contributed by atoms with Crippen molar-refractivity contribution in [3.63, 3.8) is 0 Å². The number of nitrogens with zero attached hydrogens (tertiary/aromatic N) is 1. The number of hydrogen-bond acceptors (Lipinski definition) is 4. The van der Waals surface area contributed by atoms with Crippen molar-refractivity contribution >= 4 is 11.7 Å². The van der Waals surface area contributed by atoms with Crippen molar-refractivity contribution in [3.05, 3.63) is 39.7 Å². The summed E-state index contributed by atoms with van der Waals surface area (Å²) in [7, 11) is 0. The molecule has 0 heterocycles. The van der Waals surface area contributed by atoms with E-state index >= 15 is 0 Å². The number of hydrogen-bond donors (Lipinski definition) is 0. The number of benzene rings is 1. The normalized spacial score (nSPS) is 8.93. The van der Waals surface area contributed by atoms with Crippen LogP contribution in [0, 0.1) is 15.9 Å². The average Bonchev–Trinajstić information content (AvgIpc) is 2.03. The molecule has 0 radical (unpaired) electrons. The van der Waals surface area contributed by atoms with Crippen LogP contribution in [-0.2, 0) is 0 Å². The molecule has 14 heavy (non-hydrogen) atoms. The summed E-state index contributed by atoms with van der Waals surface area (Å²) in [6.07, 6.45) is 0. The fourth-order valence-corrected chi connectivity index (χ4v) is 0.831. The molecule has 0 spiro atoms. The molecule has 0 aliphatic heterocycles.